The van der Waals surface area contributed by atoms with Gasteiger partial charge in [-0.25, -0.2) is 0 Å². The predicted octanol–water partition coefficient (Wildman–Crippen LogP) is 2.43. The van der Waals surface area contributed by atoms with Crippen LogP contribution < -0.4 is 9.47 Å². The average molecular weight is 344 g/mol. The second kappa shape index (κ2) is 7.12. The van der Waals surface area contributed by atoms with Crippen molar-refractivity contribution in [1.82, 2.24) is 20.4 Å². The summed E-state index contributed by atoms with van der Waals surface area (Å²) in [6.45, 7) is 5.02. The normalized spacial score (nSPS) is 10.7. The van der Waals surface area contributed by atoms with E-state index in [0.717, 1.165) is 0 Å². The zero-order valence-corrected chi connectivity index (χ0v) is 14.0. The van der Waals surface area contributed by atoms with Crippen LogP contribution in [-0.2, 0) is 13.2 Å². The second-order valence-corrected chi connectivity index (χ2v) is 5.26. The summed E-state index contributed by atoms with van der Waals surface area (Å²) >= 11 is 0. The predicted molar refractivity (Wildman–Crippen MR) is 83.2 cm³/mol. The zero-order chi connectivity index (χ0) is 17.8. The number of aromatic nitrogens is 4. The fourth-order valence-electron chi connectivity index (χ4n) is 2.02. The zero-order valence-electron chi connectivity index (χ0n) is 14.0. The first-order valence-corrected chi connectivity index (χ1v) is 7.49. The van der Waals surface area contributed by atoms with Gasteiger partial charge in [-0.15, -0.1) is 20.4 Å². The first-order chi connectivity index (χ1) is 12.0. The van der Waals surface area contributed by atoms with Crippen LogP contribution in [-0.4, -0.2) is 26.2 Å². The maximum atomic E-state index is 11.7. The van der Waals surface area contributed by atoms with Gasteiger partial charge < -0.3 is 18.3 Å². The Morgan fingerprint density at radius 3 is 1.72 bits per heavy atom. The van der Waals surface area contributed by atoms with Gasteiger partial charge in [-0.3, -0.25) is 4.79 Å². The van der Waals surface area contributed by atoms with Gasteiger partial charge in [0.2, 0.25) is 11.8 Å². The molecule has 3 aromatic rings. The van der Waals surface area contributed by atoms with Crippen molar-refractivity contribution in [3.05, 3.63) is 47.3 Å². The van der Waals surface area contributed by atoms with E-state index in [9.17, 15) is 4.79 Å². The molecule has 0 saturated heterocycles. The van der Waals surface area contributed by atoms with Gasteiger partial charge in [0, 0.05) is 25.5 Å². The third-order valence-electron chi connectivity index (χ3n) is 3.15. The van der Waals surface area contributed by atoms with Crippen molar-refractivity contribution >= 4 is 5.78 Å². The monoisotopic (exact) mass is 344 g/mol. The molecule has 0 amide bonds. The second-order valence-electron chi connectivity index (χ2n) is 5.26. The smallest absolute Gasteiger partial charge is 0.253 e. The standard InChI is InChI=1S/C16H16N4O5/c1-9(21)12-4-13(22-7-15-19-17-10(2)24-15)6-14(5-12)23-8-16-20-18-11(3)25-16/h4-6H,7-8H2,1-3H3. The molecule has 0 unspecified atom stereocenters. The molecular weight excluding hydrogens is 328 g/mol. The van der Waals surface area contributed by atoms with Gasteiger partial charge >= 0.3 is 0 Å². The minimum Gasteiger partial charge on any atom is -0.484 e. The van der Waals surface area contributed by atoms with Crippen LogP contribution in [0.3, 0.4) is 0 Å². The summed E-state index contributed by atoms with van der Waals surface area (Å²) in [5.74, 6) is 2.37. The van der Waals surface area contributed by atoms with Crippen LogP contribution in [0.15, 0.2) is 27.0 Å². The van der Waals surface area contributed by atoms with Gasteiger partial charge in [0.25, 0.3) is 11.8 Å². The van der Waals surface area contributed by atoms with E-state index in [4.69, 9.17) is 18.3 Å². The first kappa shape index (κ1) is 16.6. The largest absolute Gasteiger partial charge is 0.484 e. The average Bonchev–Trinajstić information content (AvgIpc) is 3.19. The molecule has 2 heterocycles. The van der Waals surface area contributed by atoms with E-state index in [0.29, 0.717) is 40.6 Å². The molecule has 0 bridgehead atoms. The molecule has 0 spiro atoms. The number of Topliss-reactive ketones (excluding diaryl/α,β-unsaturated/α-hetero) is 1. The van der Waals surface area contributed by atoms with Crippen molar-refractivity contribution in [3.8, 4) is 11.5 Å². The molecule has 25 heavy (non-hydrogen) atoms. The number of carbonyl (C=O) groups is 1. The van der Waals surface area contributed by atoms with E-state index in [1.807, 2.05) is 0 Å². The minimum atomic E-state index is -0.113. The Bertz CT molecular complexity index is 824. The van der Waals surface area contributed by atoms with E-state index in [1.54, 1.807) is 32.0 Å². The van der Waals surface area contributed by atoms with Crippen molar-refractivity contribution in [2.75, 3.05) is 0 Å². The summed E-state index contributed by atoms with van der Waals surface area (Å²) in [5, 5.41) is 15.2. The quantitative estimate of drug-likeness (QED) is 0.596. The molecule has 0 aliphatic carbocycles. The van der Waals surface area contributed by atoms with Crippen molar-refractivity contribution in [2.24, 2.45) is 0 Å². The van der Waals surface area contributed by atoms with Gasteiger partial charge in [0.15, 0.2) is 19.0 Å². The molecule has 9 heteroatoms. The minimum absolute atomic E-state index is 0.0878. The molecule has 0 fully saturated rings. The van der Waals surface area contributed by atoms with Crippen molar-refractivity contribution in [1.29, 1.82) is 0 Å². The lowest BCUT2D eigenvalue weighted by molar-refractivity contribution is 0.101. The van der Waals surface area contributed by atoms with Gasteiger partial charge in [-0.05, 0) is 19.1 Å². The van der Waals surface area contributed by atoms with Gasteiger partial charge in [0.1, 0.15) is 11.5 Å². The van der Waals surface area contributed by atoms with Crippen molar-refractivity contribution in [2.45, 2.75) is 34.0 Å². The number of hydrogen-bond donors (Lipinski definition) is 0. The molecule has 130 valence electrons. The van der Waals surface area contributed by atoms with Gasteiger partial charge in [-0.1, -0.05) is 0 Å². The Morgan fingerprint density at radius 1 is 0.880 bits per heavy atom. The van der Waals surface area contributed by atoms with Crippen molar-refractivity contribution in [3.63, 3.8) is 0 Å². The van der Waals surface area contributed by atoms with Gasteiger partial charge in [-0.2, -0.15) is 0 Å². The molecule has 2 aromatic heterocycles. The highest BCUT2D eigenvalue weighted by molar-refractivity contribution is 5.94. The lowest BCUT2D eigenvalue weighted by Gasteiger charge is -2.09. The molecule has 9 nitrogen and oxygen atoms in total. The van der Waals surface area contributed by atoms with Crippen LogP contribution >= 0.6 is 0 Å². The molecule has 0 atom stereocenters. The van der Waals surface area contributed by atoms with Crippen LogP contribution in [0.5, 0.6) is 11.5 Å². The number of nitrogens with zero attached hydrogens (tertiary/aromatic N) is 4. The topological polar surface area (TPSA) is 113 Å². The SMILES string of the molecule is CC(=O)c1cc(OCc2nnc(C)o2)cc(OCc2nnc(C)o2)c1. The summed E-state index contributed by atoms with van der Waals surface area (Å²) in [6, 6.07) is 4.89. The lowest BCUT2D eigenvalue weighted by Crippen LogP contribution is -2.01. The third-order valence-corrected chi connectivity index (χ3v) is 3.15. The van der Waals surface area contributed by atoms with Crippen LogP contribution in [0.25, 0.3) is 0 Å². The Kier molecular flexibility index (Phi) is 4.73. The summed E-state index contributed by atoms with van der Waals surface area (Å²) in [5.41, 5.74) is 0.455. The number of aryl methyl sites for hydroxylation is 2. The number of hydrogen-bond acceptors (Lipinski definition) is 9. The first-order valence-electron chi connectivity index (χ1n) is 7.49. The van der Waals surface area contributed by atoms with Crippen LogP contribution in [0.4, 0.5) is 0 Å². The maximum absolute atomic E-state index is 11.7. The fourth-order valence-corrected chi connectivity index (χ4v) is 2.02. The number of rotatable bonds is 7. The highest BCUT2D eigenvalue weighted by Crippen LogP contribution is 2.25. The van der Waals surface area contributed by atoms with Crippen LogP contribution in [0.2, 0.25) is 0 Å². The van der Waals surface area contributed by atoms with Gasteiger partial charge in [0.05, 0.1) is 0 Å². The lowest BCUT2D eigenvalue weighted by atomic mass is 10.1. The number of ether oxygens (including phenoxy) is 2. The Labute approximate surface area is 143 Å². The van der Waals surface area contributed by atoms with E-state index < -0.39 is 0 Å². The Hall–Kier alpha value is -3.23. The number of benzene rings is 1. The van der Waals surface area contributed by atoms with Crippen LogP contribution in [0.1, 0.15) is 40.8 Å². The Morgan fingerprint density at radius 2 is 1.36 bits per heavy atom. The summed E-state index contributed by atoms with van der Waals surface area (Å²) in [4.78, 5) is 11.7. The highest BCUT2D eigenvalue weighted by Gasteiger charge is 2.10. The third kappa shape index (κ3) is 4.40. The van der Waals surface area contributed by atoms with Crippen LogP contribution in [0, 0.1) is 13.8 Å². The van der Waals surface area contributed by atoms with Crippen molar-refractivity contribution < 1.29 is 23.1 Å². The summed E-state index contributed by atoms with van der Waals surface area (Å²) in [7, 11) is 0. The molecule has 3 rings (SSSR count). The summed E-state index contributed by atoms with van der Waals surface area (Å²) < 4.78 is 21.7. The molecule has 0 aliphatic rings. The van der Waals surface area contributed by atoms with E-state index in [2.05, 4.69) is 20.4 Å². The fraction of sp³-hybridized carbons (Fsp3) is 0.312. The molecule has 1 aromatic carbocycles. The van der Waals surface area contributed by atoms with E-state index in [-0.39, 0.29) is 19.0 Å². The molecule has 0 aliphatic heterocycles. The number of ketones is 1. The highest BCUT2D eigenvalue weighted by atomic mass is 16.5. The molecule has 0 radical (unpaired) electrons. The number of carbonyl (C=O) groups excluding carboxylic acids is 1. The molecule has 0 N–H and O–H groups in total. The summed E-state index contributed by atoms with van der Waals surface area (Å²) in [6.07, 6.45) is 0. The Balaban J connectivity index is 1.73. The maximum Gasteiger partial charge on any atom is 0.253 e. The molecule has 0 saturated carbocycles. The van der Waals surface area contributed by atoms with E-state index >= 15 is 0 Å². The van der Waals surface area contributed by atoms with E-state index in [1.165, 1.54) is 6.92 Å². The molecular formula is C16H16N4O5.